The lowest BCUT2D eigenvalue weighted by Gasteiger charge is -2.39. The first-order valence-electron chi connectivity index (χ1n) is 39.4. The highest BCUT2D eigenvalue weighted by molar-refractivity contribution is 5.98. The summed E-state index contributed by atoms with van der Waals surface area (Å²) in [6, 6.07) is 13.2. The smallest absolute Gasteiger partial charge is 0.243 e. The summed E-state index contributed by atoms with van der Waals surface area (Å²) < 4.78 is 49.8. The molecule has 0 radical (unpaired) electrons. The van der Waals surface area contributed by atoms with E-state index >= 15 is 0 Å². The second-order valence-corrected chi connectivity index (χ2v) is 30.1. The number of ether oxygens (including phenoxy) is 8. The topological polar surface area (TPSA) is 549 Å². The Morgan fingerprint density at radius 1 is 0.284 bits per heavy atom. The molecule has 0 saturated carbocycles. The molecule has 0 spiro atoms. The molecule has 4 aromatic rings. The number of fused-ring (bicyclic) bond motifs is 8. The molecule has 5 aliphatic rings. The third-order valence-corrected chi connectivity index (χ3v) is 20.6. The van der Waals surface area contributed by atoms with Gasteiger partial charge < -0.3 is 142 Å². The van der Waals surface area contributed by atoms with Crippen molar-refractivity contribution in [3.05, 3.63) is 93.0 Å². The van der Waals surface area contributed by atoms with Crippen LogP contribution in [0, 0.1) is 0 Å². The van der Waals surface area contributed by atoms with Gasteiger partial charge in [-0.2, -0.15) is 0 Å². The summed E-state index contributed by atoms with van der Waals surface area (Å²) in [5.74, 6) is -4.72. The minimum Gasteiger partial charge on any atom is -0.493 e. The van der Waals surface area contributed by atoms with E-state index in [9.17, 15) is 99.6 Å². The molecule has 36 nitrogen and oxygen atoms in total. The van der Waals surface area contributed by atoms with Crippen molar-refractivity contribution in [3.63, 3.8) is 0 Å². The number of carbonyl (C=O) groups excluding carboxylic acids is 8. The Labute approximate surface area is 670 Å². The summed E-state index contributed by atoms with van der Waals surface area (Å²) in [6.45, 7) is 11.4. The molecule has 20 N–H and O–H groups in total. The van der Waals surface area contributed by atoms with E-state index in [1.165, 1.54) is 27.7 Å². The molecule has 9 rings (SSSR count). The number of amides is 8. The van der Waals surface area contributed by atoms with Gasteiger partial charge in [0.05, 0.1) is 127 Å². The lowest BCUT2D eigenvalue weighted by atomic mass is 9.90. The second kappa shape index (κ2) is 42.0. The van der Waals surface area contributed by atoms with Crippen molar-refractivity contribution in [2.45, 2.75) is 255 Å². The van der Waals surface area contributed by atoms with Crippen molar-refractivity contribution >= 4 is 70.0 Å². The predicted molar refractivity (Wildman–Crippen MR) is 415 cm³/mol. The lowest BCUT2D eigenvalue weighted by molar-refractivity contribution is -0.218. The van der Waals surface area contributed by atoms with Gasteiger partial charge in [0.1, 0.15) is 96.2 Å². The van der Waals surface area contributed by atoms with Crippen molar-refractivity contribution in [2.75, 3.05) is 73.9 Å². The number of hydrogen-bond donors (Lipinski definition) is 20. The standard InChI is InChI=1S/C80H112N8O28/c1-9-13-109-77-41-17-43-23-50(86-62(94)34-82-58(90)30-54-70(102)74(106)66(98)38(6)114-54)25-45(78(43)110-14-10-2)19-47-27-52(88-64(96)36-84-60(92)32-56-72(104)76(108)68(100)40(8)116-56)28-48(80(47)112-16-12-4)20-46-26-51(87-63(95)35-83-59(91)31-55-71(103)75(107)67(99)39(7)115-55)24-44(79(46)111-15-11-3)18-42(77)22-49(21-41)85-61(93)33-81-57(89)29-53-69(101)73(105)65(97)37(5)113-53/h21-28,37-40,53-56,65-76,97-108H,9-20,29-36H2,1-8H3,(H,81,89)(H,82,90)(H,83,91)(H,84,92)(H,85,93)(H,86,94)(H,87,95)(H,88,96)/t37-,38-,39-,40-,53-,54-,55-,56-,65+,66+,67+,68+,69+,70+,71+,72+,73+,74+,75+,76+/m0/s1. The van der Waals surface area contributed by atoms with Crippen LogP contribution in [0.5, 0.6) is 23.0 Å². The van der Waals surface area contributed by atoms with Crippen molar-refractivity contribution in [1.82, 2.24) is 21.3 Å². The van der Waals surface area contributed by atoms with Gasteiger partial charge in [-0.05, 0) is 102 Å². The van der Waals surface area contributed by atoms with Crippen LogP contribution < -0.4 is 61.5 Å². The quantitative estimate of drug-likeness (QED) is 0.0240. The molecular weight excluding hydrogens is 1520 g/mol. The van der Waals surface area contributed by atoms with Crippen molar-refractivity contribution < 1.29 is 138 Å². The first-order chi connectivity index (χ1) is 55.2. The van der Waals surface area contributed by atoms with Gasteiger partial charge in [0.25, 0.3) is 0 Å². The van der Waals surface area contributed by atoms with Crippen molar-refractivity contribution in [3.8, 4) is 23.0 Å². The lowest BCUT2D eigenvalue weighted by Crippen LogP contribution is -2.57. The third-order valence-electron chi connectivity index (χ3n) is 20.6. The molecule has 4 fully saturated rings. The summed E-state index contributed by atoms with van der Waals surface area (Å²) in [5.41, 5.74) is 3.91. The van der Waals surface area contributed by atoms with Crippen LogP contribution in [-0.2, 0) is 83.0 Å². The molecular formula is C80H112N8O28. The van der Waals surface area contributed by atoms with Crippen LogP contribution in [0.25, 0.3) is 0 Å². The van der Waals surface area contributed by atoms with Crippen LogP contribution in [0.2, 0.25) is 0 Å². The van der Waals surface area contributed by atoms with E-state index in [4.69, 9.17) is 37.9 Å². The van der Waals surface area contributed by atoms with Crippen LogP contribution in [-0.4, -0.2) is 283 Å². The van der Waals surface area contributed by atoms with E-state index in [-0.39, 0.29) is 74.9 Å². The molecule has 4 saturated heterocycles. The van der Waals surface area contributed by atoms with E-state index in [2.05, 4.69) is 42.5 Å². The Hall–Kier alpha value is -8.80. The fourth-order valence-corrected chi connectivity index (χ4v) is 14.5. The predicted octanol–water partition coefficient (Wildman–Crippen LogP) is -1.22. The van der Waals surface area contributed by atoms with Gasteiger partial charge in [-0.3, -0.25) is 38.4 Å². The molecule has 4 aliphatic heterocycles. The molecule has 8 bridgehead atoms. The van der Waals surface area contributed by atoms with Gasteiger partial charge in [-0.25, -0.2) is 0 Å². The van der Waals surface area contributed by atoms with Gasteiger partial charge in [-0.15, -0.1) is 0 Å². The van der Waals surface area contributed by atoms with E-state index < -0.39 is 221 Å². The minimum atomic E-state index is -1.64. The number of hydrogen-bond acceptors (Lipinski definition) is 28. The zero-order valence-electron chi connectivity index (χ0n) is 66.2. The molecule has 20 atom stereocenters. The number of aliphatic hydroxyl groups is 12. The number of nitrogens with one attached hydrogen (secondary N) is 8. The summed E-state index contributed by atoms with van der Waals surface area (Å²) in [5, 5.41) is 148. The Balaban J connectivity index is 1.18. The van der Waals surface area contributed by atoms with Gasteiger partial charge >= 0.3 is 0 Å². The van der Waals surface area contributed by atoms with E-state index in [0.29, 0.717) is 93.2 Å². The highest BCUT2D eigenvalue weighted by Crippen LogP contribution is 2.44. The molecule has 4 heterocycles. The summed E-state index contributed by atoms with van der Waals surface area (Å²) in [4.78, 5) is 111. The average molecular weight is 1630 g/mol. The molecule has 4 aromatic carbocycles. The van der Waals surface area contributed by atoms with E-state index in [1.807, 2.05) is 27.7 Å². The van der Waals surface area contributed by atoms with Gasteiger partial charge in [-0.1, -0.05) is 27.7 Å². The Kier molecular flexibility index (Phi) is 33.0. The zero-order valence-corrected chi connectivity index (χ0v) is 66.2. The number of carbonyl (C=O) groups is 8. The molecule has 116 heavy (non-hydrogen) atoms. The van der Waals surface area contributed by atoms with Crippen molar-refractivity contribution in [1.29, 1.82) is 0 Å². The highest BCUT2D eigenvalue weighted by Gasteiger charge is 2.46. The number of aliphatic hydroxyl groups excluding tert-OH is 12. The number of rotatable bonds is 32. The van der Waals surface area contributed by atoms with Crippen LogP contribution in [0.15, 0.2) is 48.5 Å². The third kappa shape index (κ3) is 23.8. The Bertz CT molecular complexity index is 3490. The fraction of sp³-hybridized carbons (Fsp3) is 0.600. The maximum atomic E-state index is 14.3. The second-order valence-electron chi connectivity index (χ2n) is 30.1. The largest absolute Gasteiger partial charge is 0.493 e. The van der Waals surface area contributed by atoms with Crippen LogP contribution in [0.1, 0.15) is 151 Å². The summed E-state index contributed by atoms with van der Waals surface area (Å²) in [7, 11) is 0. The summed E-state index contributed by atoms with van der Waals surface area (Å²) in [6.07, 6.45) is -28.1. The van der Waals surface area contributed by atoms with Crippen LogP contribution in [0.4, 0.5) is 22.7 Å². The van der Waals surface area contributed by atoms with Crippen LogP contribution in [0.3, 0.4) is 0 Å². The van der Waals surface area contributed by atoms with Gasteiger partial charge in [0.15, 0.2) is 0 Å². The number of anilines is 4. The van der Waals surface area contributed by atoms with Crippen LogP contribution >= 0.6 is 0 Å². The van der Waals surface area contributed by atoms with Gasteiger partial charge in [0.2, 0.25) is 47.3 Å². The van der Waals surface area contributed by atoms with E-state index in [0.717, 1.165) is 0 Å². The molecule has 0 unspecified atom stereocenters. The van der Waals surface area contributed by atoms with E-state index in [1.54, 1.807) is 48.5 Å². The first-order valence-corrected chi connectivity index (χ1v) is 39.4. The minimum absolute atomic E-state index is 0.121. The molecule has 36 heteroatoms. The van der Waals surface area contributed by atoms with Crippen molar-refractivity contribution in [2.24, 2.45) is 0 Å². The maximum Gasteiger partial charge on any atom is 0.243 e. The number of benzene rings is 4. The van der Waals surface area contributed by atoms with Gasteiger partial charge in [0, 0.05) is 92.9 Å². The average Bonchev–Trinajstić information content (AvgIpc) is 0.767. The molecule has 1 aliphatic carbocycles. The molecule has 0 aromatic heterocycles. The Morgan fingerprint density at radius 2 is 0.457 bits per heavy atom. The summed E-state index contributed by atoms with van der Waals surface area (Å²) >= 11 is 0. The maximum absolute atomic E-state index is 14.3. The SMILES string of the molecule is CCCOc1c2cc(NC(=O)CNC(=O)C[C@@H]3O[C@@H](C)[C@@H](O)[C@@H](O)[C@@H]3O)cc1Cc1cc(NC(=O)CNC(=O)C[C@@H]3O[C@@H](C)[C@@H](O)[C@@H](O)[C@@H]3O)cc(c1OCCC)Cc1cc(NC(=O)CNC(=O)C[C@@H]3O[C@@H](C)[C@@H](O)[C@@H](O)[C@@H]3O)cc(c1OCCC)Cc1cc(NC(=O)CNC(=O)C[C@@H]3O[C@@H](C)[C@@H](O)[C@@H](O)[C@@H]3O)cc(c1OCCC)C2. The normalized spacial score (nSPS) is 27.7. The highest BCUT2D eigenvalue weighted by atomic mass is 16.6. The Morgan fingerprint density at radius 3 is 0.621 bits per heavy atom. The zero-order chi connectivity index (χ0) is 84.5. The monoisotopic (exact) mass is 1630 g/mol. The molecule has 8 amide bonds. The fourth-order valence-electron chi connectivity index (χ4n) is 14.5. The first kappa shape index (κ1) is 91.1. The molecule has 640 valence electrons.